The zero-order valence-electron chi connectivity index (χ0n) is 70.8. The molecule has 3 aromatic heterocycles. The summed E-state index contributed by atoms with van der Waals surface area (Å²) < 4.78 is 4.76. The number of benzene rings is 3. The Bertz CT molecular complexity index is 2950. The molecule has 6 aromatic rings. The molecule has 0 bridgehead atoms. The van der Waals surface area contributed by atoms with Gasteiger partial charge < -0.3 is 85.6 Å². The van der Waals surface area contributed by atoms with Gasteiger partial charge in [0.2, 0.25) is 0 Å². The zero-order valence-corrected chi connectivity index (χ0v) is 77.2. The minimum Gasteiger partial charge on any atom is -1.00 e. The Kier molecular flexibility index (Phi) is 78.9. The fourth-order valence-corrected chi connectivity index (χ4v) is 12.8. The van der Waals surface area contributed by atoms with Crippen LogP contribution in [0.15, 0.2) is 178 Å². The molecule has 21 heteroatoms. The number of alkyl halides is 1. The lowest BCUT2D eigenvalue weighted by molar-refractivity contribution is -0.925. The number of hydrogen-bond acceptors (Lipinski definition) is 13. The number of hydrogen-bond donors (Lipinski definition) is 2. The van der Waals surface area contributed by atoms with E-state index in [0.29, 0.717) is 0 Å². The summed E-state index contributed by atoms with van der Waals surface area (Å²) in [5.74, 6) is 0. The zero-order chi connectivity index (χ0) is 79.0. The van der Waals surface area contributed by atoms with Gasteiger partial charge in [-0.1, -0.05) is 191 Å². The number of aryl methyl sites for hydroxylation is 1. The average molecular weight is 1780 g/mol. The highest BCUT2D eigenvalue weighted by Gasteiger charge is 2.21. The van der Waals surface area contributed by atoms with Crippen molar-refractivity contribution in [2.45, 2.75) is 263 Å². The number of azo groups is 2. The number of unbranched alkanes of at least 4 members (excludes halogenated alkanes) is 18. The molecule has 110 heavy (non-hydrogen) atoms. The van der Waals surface area contributed by atoms with Gasteiger partial charge in [-0.2, -0.15) is 25.7 Å². The number of anilines is 4. The van der Waals surface area contributed by atoms with Crippen molar-refractivity contribution in [3.63, 3.8) is 0 Å². The van der Waals surface area contributed by atoms with Crippen molar-refractivity contribution in [1.82, 2.24) is 9.97 Å². The summed E-state index contributed by atoms with van der Waals surface area (Å²) in [4.78, 5) is 23.5. The predicted octanol–water partition coefficient (Wildman–Crippen LogP) is 16.7. The molecule has 0 saturated carbocycles. The Balaban J connectivity index is -0.000000675. The second-order valence-corrected chi connectivity index (χ2v) is 28.4. The third-order valence-electron chi connectivity index (χ3n) is 19.9. The molecule has 0 unspecified atom stereocenters. The van der Waals surface area contributed by atoms with Crippen molar-refractivity contribution in [3.8, 4) is 6.07 Å². The van der Waals surface area contributed by atoms with Crippen LogP contribution in [-0.4, -0.2) is 121 Å². The molecule has 0 amide bonds. The smallest absolute Gasteiger partial charge is 0.171 e. The second-order valence-electron chi connectivity index (χ2n) is 27.6. The number of quaternary nitrogens is 2. The Labute approximate surface area is 711 Å². The second kappa shape index (κ2) is 78.5. The lowest BCUT2D eigenvalue weighted by Crippen LogP contribution is -3.00. The van der Waals surface area contributed by atoms with E-state index >= 15 is 0 Å². The third kappa shape index (κ3) is 56.5. The minimum atomic E-state index is 0. The van der Waals surface area contributed by atoms with E-state index in [9.17, 15) is 0 Å². The Morgan fingerprint density at radius 1 is 0.400 bits per heavy atom. The van der Waals surface area contributed by atoms with E-state index in [1.807, 2.05) is 12.1 Å². The molecule has 0 aliphatic rings. The minimum absolute atomic E-state index is 0. The molecule has 0 atom stereocenters. The van der Waals surface area contributed by atoms with E-state index in [1.54, 1.807) is 43.0 Å². The summed E-state index contributed by atoms with van der Waals surface area (Å²) in [6.45, 7) is 47.0. The van der Waals surface area contributed by atoms with Crippen molar-refractivity contribution in [1.29, 1.82) is 5.26 Å². The number of nitrogens with two attached hydrogens (primary N) is 1. The molecule has 0 radical (unpaired) electrons. The molecule has 0 aliphatic carbocycles. The van der Waals surface area contributed by atoms with Crippen LogP contribution in [0, 0.1) is 16.2 Å². The Morgan fingerprint density at radius 2 is 0.664 bits per heavy atom. The van der Waals surface area contributed by atoms with Crippen molar-refractivity contribution < 1.29 is 69.7 Å². The number of rotatable bonds is 50. The number of pyridine rings is 3. The van der Waals surface area contributed by atoms with Gasteiger partial charge in [0.05, 0.1) is 87.6 Å². The first-order valence-electron chi connectivity index (χ1n) is 41.7. The summed E-state index contributed by atoms with van der Waals surface area (Å²) in [7, 11) is 0. The average Bonchev–Trinajstić information content (AvgIpc) is 0.878. The van der Waals surface area contributed by atoms with E-state index in [-0.39, 0.29) is 50.9 Å². The number of nitriles is 1. The van der Waals surface area contributed by atoms with Crippen LogP contribution in [0.25, 0.3) is 0 Å². The molecule has 0 spiro atoms. The standard InChI is InChI=1S/C32H55N5.C23H34N4.C18H31N.C9H21BrN.C5H6N2.C2H3N.3BrH.HNO2/c1-6-11-13-15-25-36(26-16-14-12-7-2)32-20-18-30(19-21-32)33-34-31-22-27-35(28-23-31)24-17-29-37(8-3,9-4)10-5;1-3-5-7-9-19-27(20-10-8-6-4-2)23-13-11-21(12-14-23)25-26-22-15-17-24-18-16-22;1-3-5-7-12-16-19(17-13-8-6-4-2)18-14-10-9-11-15-18;1-4-11(5-2,6-3)9-7-8-10;6-5-1-3-7-4-2-5;1-2-3;;;;2-1-3/h18-23,27-28H,6-17,24-26,29H2,1-5H3;11-18H,3-10,19-20H2,1-2H3;9-11,14-15H,3-8,12-13,16-17H2,1-2H3;4-9H2,1-3H3;1-4H,(H2,6,7);1H3;3*1H;(H,2,3)/q+2;;;+1;;;;;;/p-3. The van der Waals surface area contributed by atoms with Gasteiger partial charge in [0.15, 0.2) is 24.3 Å². The summed E-state index contributed by atoms with van der Waals surface area (Å²) in [6.07, 6.45) is 45.2. The van der Waals surface area contributed by atoms with Crippen molar-refractivity contribution in [2.75, 3.05) is 117 Å². The Morgan fingerprint density at radius 3 is 0.927 bits per heavy atom. The SMILES string of the molecule is CC#N.CCCCCCN(CCCCCC)c1ccc(N=Nc2cc[n+](CCC[N+](CC)(CC)CC)cc2)cc1.CCCCCCN(CCCCCC)c1ccc(N=Nc2ccncc2)cc1.CCCCCCN(CCCCCC)c1ccccc1.CC[N+](CC)(CC)CCCBr.Nc1ccncc1.O=NO.[Br-].[Br-].[Br-]. The first kappa shape index (κ1) is 111. The molecular formula is C89H151Br4N15O2. The largest absolute Gasteiger partial charge is 1.00 e. The van der Waals surface area contributed by atoms with Crippen LogP contribution in [-0.2, 0) is 6.54 Å². The third-order valence-corrected chi connectivity index (χ3v) is 20.4. The molecule has 17 nitrogen and oxygen atoms in total. The van der Waals surface area contributed by atoms with Gasteiger partial charge in [-0.3, -0.25) is 9.97 Å². The molecule has 3 aromatic carbocycles. The number of para-hydroxylation sites is 1. The molecule has 0 saturated heterocycles. The summed E-state index contributed by atoms with van der Waals surface area (Å²) in [5, 5.41) is 33.9. The van der Waals surface area contributed by atoms with Crippen LogP contribution in [0.4, 0.5) is 45.5 Å². The Hall–Kier alpha value is -5.76. The molecule has 3 heterocycles. The lowest BCUT2D eigenvalue weighted by atomic mass is 10.1. The number of halogens is 4. The first-order chi connectivity index (χ1) is 52.3. The molecule has 0 fully saturated rings. The highest BCUT2D eigenvalue weighted by molar-refractivity contribution is 9.09. The predicted molar refractivity (Wildman–Crippen MR) is 464 cm³/mol. The van der Waals surface area contributed by atoms with E-state index in [1.165, 1.54) is 271 Å². The monoisotopic (exact) mass is 1780 g/mol. The van der Waals surface area contributed by atoms with Gasteiger partial charge in [0.1, 0.15) is 0 Å². The van der Waals surface area contributed by atoms with E-state index < -0.39 is 0 Å². The molecule has 0 aliphatic heterocycles. The maximum atomic E-state index is 8.11. The van der Waals surface area contributed by atoms with Crippen LogP contribution in [0.5, 0.6) is 0 Å². The van der Waals surface area contributed by atoms with Crippen molar-refractivity contribution >= 4 is 61.4 Å². The molecule has 6 rings (SSSR count). The van der Waals surface area contributed by atoms with E-state index in [0.717, 1.165) is 66.5 Å². The van der Waals surface area contributed by atoms with Crippen LogP contribution in [0.1, 0.15) is 257 Å². The topological polar surface area (TPSA) is 188 Å². The van der Waals surface area contributed by atoms with Gasteiger partial charge >= 0.3 is 0 Å². The van der Waals surface area contributed by atoms with Crippen LogP contribution >= 0.6 is 15.9 Å². The fourth-order valence-electron chi connectivity index (χ4n) is 12.5. The number of aromatic nitrogens is 3. The van der Waals surface area contributed by atoms with Crippen molar-refractivity contribution in [2.24, 2.45) is 25.8 Å². The maximum absolute atomic E-state index is 8.11. The van der Waals surface area contributed by atoms with Gasteiger partial charge in [-0.25, -0.2) is 4.57 Å². The highest BCUT2D eigenvalue weighted by atomic mass is 79.9. The van der Waals surface area contributed by atoms with Gasteiger partial charge in [0, 0.05) is 118 Å². The van der Waals surface area contributed by atoms with Gasteiger partial charge in [0.25, 0.3) is 0 Å². The molecule has 3 N–H and O–H groups in total. The maximum Gasteiger partial charge on any atom is 0.171 e. The van der Waals surface area contributed by atoms with Crippen LogP contribution < -0.4 is 75.9 Å². The normalized spacial score (nSPS) is 10.5. The van der Waals surface area contributed by atoms with Crippen molar-refractivity contribution in [3.05, 3.63) is 157 Å². The lowest BCUT2D eigenvalue weighted by Gasteiger charge is -2.35. The van der Waals surface area contributed by atoms with Gasteiger partial charge in [-0.15, -0.1) is 4.91 Å². The van der Waals surface area contributed by atoms with Crippen LogP contribution in [0.3, 0.4) is 0 Å². The summed E-state index contributed by atoms with van der Waals surface area (Å²) in [6, 6.07) is 41.1. The molecule has 622 valence electrons. The van der Waals surface area contributed by atoms with E-state index in [4.69, 9.17) is 21.1 Å². The summed E-state index contributed by atoms with van der Waals surface area (Å²) >= 11 is 3.48. The van der Waals surface area contributed by atoms with Gasteiger partial charge in [-0.05, 0) is 165 Å². The highest BCUT2D eigenvalue weighted by Crippen LogP contribution is 2.26. The quantitative estimate of drug-likeness (QED) is 0.00712. The van der Waals surface area contributed by atoms with E-state index in [2.05, 4.69) is 252 Å². The fraction of sp³-hybridized carbons (Fsp3) is 0.618. The summed E-state index contributed by atoms with van der Waals surface area (Å²) in [5.41, 5.74) is 13.6. The van der Waals surface area contributed by atoms with Crippen LogP contribution in [0.2, 0.25) is 0 Å². The number of nitrogen functional groups attached to an aromatic ring is 1. The molecular weight excluding hydrogens is 1630 g/mol. The first-order valence-corrected chi connectivity index (χ1v) is 42.8. The number of nitrogens with zero attached hydrogens (tertiary/aromatic N) is 14.